The second-order valence-corrected chi connectivity index (χ2v) is 5.52. The first-order valence-corrected chi connectivity index (χ1v) is 7.57. The lowest BCUT2D eigenvalue weighted by Crippen LogP contribution is -2.05. The highest BCUT2D eigenvalue weighted by Crippen LogP contribution is 2.26. The van der Waals surface area contributed by atoms with Crippen molar-refractivity contribution < 1.29 is 19.0 Å². The first-order valence-electron chi connectivity index (χ1n) is 7.57. The van der Waals surface area contributed by atoms with Gasteiger partial charge in [-0.3, -0.25) is 4.79 Å². The summed E-state index contributed by atoms with van der Waals surface area (Å²) in [4.78, 5) is 11.7. The van der Waals surface area contributed by atoms with Gasteiger partial charge in [-0.2, -0.15) is 0 Å². The van der Waals surface area contributed by atoms with Crippen LogP contribution in [0.4, 0.5) is 0 Å². The van der Waals surface area contributed by atoms with Crippen LogP contribution in [0.25, 0.3) is 0 Å². The molecule has 0 spiro atoms. The Bertz CT molecular complexity index is 660. The van der Waals surface area contributed by atoms with Crippen molar-refractivity contribution in [3.8, 4) is 17.2 Å². The summed E-state index contributed by atoms with van der Waals surface area (Å²) < 4.78 is 16.6. The zero-order valence-electron chi connectivity index (χ0n) is 14.0. The molecule has 23 heavy (non-hydrogen) atoms. The third-order valence-corrected chi connectivity index (χ3v) is 3.26. The van der Waals surface area contributed by atoms with Crippen molar-refractivity contribution >= 4 is 5.78 Å². The summed E-state index contributed by atoms with van der Waals surface area (Å²) >= 11 is 0. The fourth-order valence-electron chi connectivity index (χ4n) is 2.14. The fraction of sp³-hybridized carbons (Fsp3) is 0.316. The van der Waals surface area contributed by atoms with E-state index in [0.717, 1.165) is 11.3 Å². The van der Waals surface area contributed by atoms with E-state index in [-0.39, 0.29) is 11.9 Å². The SMILES string of the molecule is COc1ccc(C(C)=O)c(OCc2ccc(OC(C)C)cc2)c1. The number of Topliss-reactive ketones (excluding diaryl/α,β-unsaturated/α-hetero) is 1. The van der Waals surface area contributed by atoms with Gasteiger partial charge in [-0.1, -0.05) is 12.1 Å². The van der Waals surface area contributed by atoms with Crippen LogP contribution < -0.4 is 14.2 Å². The Morgan fingerprint density at radius 3 is 2.26 bits per heavy atom. The predicted molar refractivity (Wildman–Crippen MR) is 89.5 cm³/mol. The Balaban J connectivity index is 2.09. The van der Waals surface area contributed by atoms with Gasteiger partial charge in [0.05, 0.1) is 18.8 Å². The number of carbonyl (C=O) groups excluding carboxylic acids is 1. The molecule has 0 N–H and O–H groups in total. The molecule has 0 heterocycles. The molecule has 0 radical (unpaired) electrons. The van der Waals surface area contributed by atoms with Gasteiger partial charge >= 0.3 is 0 Å². The molecule has 4 nitrogen and oxygen atoms in total. The van der Waals surface area contributed by atoms with Crippen molar-refractivity contribution in [2.75, 3.05) is 7.11 Å². The summed E-state index contributed by atoms with van der Waals surface area (Å²) in [6, 6.07) is 12.9. The zero-order valence-corrected chi connectivity index (χ0v) is 14.0. The van der Waals surface area contributed by atoms with Gasteiger partial charge in [-0.05, 0) is 50.6 Å². The highest BCUT2D eigenvalue weighted by atomic mass is 16.5. The summed E-state index contributed by atoms with van der Waals surface area (Å²) in [7, 11) is 1.58. The van der Waals surface area contributed by atoms with E-state index in [4.69, 9.17) is 14.2 Å². The van der Waals surface area contributed by atoms with E-state index in [2.05, 4.69) is 0 Å². The summed E-state index contributed by atoms with van der Waals surface area (Å²) in [5.74, 6) is 1.97. The Morgan fingerprint density at radius 1 is 1.04 bits per heavy atom. The van der Waals surface area contributed by atoms with Crippen molar-refractivity contribution in [3.63, 3.8) is 0 Å². The first kappa shape index (κ1) is 16.9. The maximum Gasteiger partial charge on any atom is 0.163 e. The molecular weight excluding hydrogens is 292 g/mol. The van der Waals surface area contributed by atoms with Crippen LogP contribution in [0.1, 0.15) is 36.7 Å². The summed E-state index contributed by atoms with van der Waals surface area (Å²) in [5.41, 5.74) is 1.55. The molecule has 0 saturated heterocycles. The van der Waals surface area contributed by atoms with E-state index in [9.17, 15) is 4.79 Å². The molecular formula is C19H22O4. The Morgan fingerprint density at radius 2 is 1.70 bits per heavy atom. The predicted octanol–water partition coefficient (Wildman–Crippen LogP) is 4.26. The van der Waals surface area contributed by atoms with Gasteiger partial charge in [0, 0.05) is 6.07 Å². The third-order valence-electron chi connectivity index (χ3n) is 3.26. The summed E-state index contributed by atoms with van der Waals surface area (Å²) in [6.45, 7) is 5.87. The number of carbonyl (C=O) groups is 1. The van der Waals surface area contributed by atoms with Crippen LogP contribution in [0.2, 0.25) is 0 Å². The summed E-state index contributed by atoms with van der Waals surface area (Å²) in [5, 5.41) is 0. The van der Waals surface area contributed by atoms with Gasteiger partial charge in [0.25, 0.3) is 0 Å². The van der Waals surface area contributed by atoms with Crippen LogP contribution in [0.3, 0.4) is 0 Å². The molecule has 0 aromatic heterocycles. The molecule has 0 fully saturated rings. The maximum absolute atomic E-state index is 11.7. The quantitative estimate of drug-likeness (QED) is 0.716. The lowest BCUT2D eigenvalue weighted by atomic mass is 10.1. The van der Waals surface area contributed by atoms with Crippen LogP contribution in [0.5, 0.6) is 17.2 Å². The smallest absolute Gasteiger partial charge is 0.163 e. The van der Waals surface area contributed by atoms with Crippen molar-refractivity contribution in [1.82, 2.24) is 0 Å². The third kappa shape index (κ3) is 4.74. The van der Waals surface area contributed by atoms with E-state index in [1.807, 2.05) is 38.1 Å². The molecule has 122 valence electrons. The lowest BCUT2D eigenvalue weighted by Gasteiger charge is -2.13. The molecule has 0 bridgehead atoms. The molecule has 0 aliphatic carbocycles. The molecule has 2 aromatic carbocycles. The van der Waals surface area contributed by atoms with E-state index in [0.29, 0.717) is 23.7 Å². The van der Waals surface area contributed by atoms with Crippen LogP contribution in [0, 0.1) is 0 Å². The monoisotopic (exact) mass is 314 g/mol. The van der Waals surface area contributed by atoms with Crippen LogP contribution in [0.15, 0.2) is 42.5 Å². The molecule has 0 atom stereocenters. The largest absolute Gasteiger partial charge is 0.497 e. The molecule has 0 saturated carbocycles. The van der Waals surface area contributed by atoms with Crippen molar-refractivity contribution in [1.29, 1.82) is 0 Å². The van der Waals surface area contributed by atoms with Gasteiger partial charge in [-0.15, -0.1) is 0 Å². The maximum atomic E-state index is 11.7. The average Bonchev–Trinajstić information content (AvgIpc) is 2.53. The van der Waals surface area contributed by atoms with Gasteiger partial charge < -0.3 is 14.2 Å². The van der Waals surface area contributed by atoms with Gasteiger partial charge in [0.2, 0.25) is 0 Å². The Labute approximate surface area is 137 Å². The van der Waals surface area contributed by atoms with E-state index < -0.39 is 0 Å². The fourth-order valence-corrected chi connectivity index (χ4v) is 2.14. The number of hydrogen-bond acceptors (Lipinski definition) is 4. The van der Waals surface area contributed by atoms with Crippen molar-refractivity contribution in [3.05, 3.63) is 53.6 Å². The molecule has 0 aliphatic rings. The van der Waals surface area contributed by atoms with Gasteiger partial charge in [0.1, 0.15) is 23.9 Å². The minimum absolute atomic E-state index is 0.0386. The second kappa shape index (κ2) is 7.68. The van der Waals surface area contributed by atoms with E-state index in [1.165, 1.54) is 6.92 Å². The number of ketones is 1. The van der Waals surface area contributed by atoms with Gasteiger partial charge in [0.15, 0.2) is 5.78 Å². The Kier molecular flexibility index (Phi) is 5.63. The molecule has 0 unspecified atom stereocenters. The van der Waals surface area contributed by atoms with Crippen molar-refractivity contribution in [2.45, 2.75) is 33.5 Å². The number of hydrogen-bond donors (Lipinski definition) is 0. The normalized spacial score (nSPS) is 10.5. The molecule has 0 amide bonds. The van der Waals surface area contributed by atoms with Crippen LogP contribution in [-0.2, 0) is 6.61 Å². The first-order chi connectivity index (χ1) is 11.0. The summed E-state index contributed by atoms with van der Waals surface area (Å²) in [6.07, 6.45) is 0.145. The number of methoxy groups -OCH3 is 1. The molecule has 2 rings (SSSR count). The molecule has 2 aromatic rings. The van der Waals surface area contributed by atoms with E-state index >= 15 is 0 Å². The average molecular weight is 314 g/mol. The van der Waals surface area contributed by atoms with Crippen LogP contribution in [-0.4, -0.2) is 19.0 Å². The molecule has 4 heteroatoms. The highest BCUT2D eigenvalue weighted by molar-refractivity contribution is 5.97. The number of benzene rings is 2. The standard InChI is InChI=1S/C19H22O4/c1-13(2)23-16-7-5-15(6-8-16)12-22-19-11-17(21-4)9-10-18(19)14(3)20/h5-11,13H,12H2,1-4H3. The minimum Gasteiger partial charge on any atom is -0.497 e. The zero-order chi connectivity index (χ0) is 16.8. The molecule has 0 aliphatic heterocycles. The minimum atomic E-state index is -0.0386. The number of rotatable bonds is 7. The highest BCUT2D eigenvalue weighted by Gasteiger charge is 2.10. The van der Waals surface area contributed by atoms with Crippen molar-refractivity contribution in [2.24, 2.45) is 0 Å². The van der Waals surface area contributed by atoms with Gasteiger partial charge in [-0.25, -0.2) is 0 Å². The number of ether oxygens (including phenoxy) is 3. The topological polar surface area (TPSA) is 44.8 Å². The Hall–Kier alpha value is -2.49. The van der Waals surface area contributed by atoms with Crippen LogP contribution >= 0.6 is 0 Å². The van der Waals surface area contributed by atoms with E-state index in [1.54, 1.807) is 25.3 Å². The lowest BCUT2D eigenvalue weighted by molar-refractivity contribution is 0.101. The second-order valence-electron chi connectivity index (χ2n) is 5.52.